The molecule has 1 aliphatic carbocycles. The number of para-hydroxylation sites is 1. The van der Waals surface area contributed by atoms with Gasteiger partial charge in [0, 0.05) is 70.9 Å². The fourth-order valence-corrected chi connectivity index (χ4v) is 4.54. The molecule has 5 rings (SSSR count). The Labute approximate surface area is 186 Å². The molecule has 3 fully saturated rings. The number of H-pyrrole nitrogens is 1. The maximum atomic E-state index is 14.1. The van der Waals surface area contributed by atoms with Crippen LogP contribution in [0, 0.1) is 11.7 Å². The molecule has 9 heteroatoms. The van der Waals surface area contributed by atoms with Crippen molar-refractivity contribution in [3.63, 3.8) is 0 Å². The number of amides is 1. The van der Waals surface area contributed by atoms with E-state index in [1.807, 2.05) is 17.0 Å². The monoisotopic (exact) mass is 440 g/mol. The summed E-state index contributed by atoms with van der Waals surface area (Å²) >= 11 is 0. The number of anilines is 2. The van der Waals surface area contributed by atoms with Crippen LogP contribution in [0.15, 0.2) is 35.1 Å². The Kier molecular flexibility index (Phi) is 5.82. The van der Waals surface area contributed by atoms with Crippen LogP contribution in [0.1, 0.15) is 18.5 Å². The molecule has 1 N–H and O–H groups in total. The Hall–Kier alpha value is -2.94. The number of halogens is 1. The van der Waals surface area contributed by atoms with Gasteiger partial charge in [-0.15, -0.1) is 0 Å². The third kappa shape index (κ3) is 4.62. The summed E-state index contributed by atoms with van der Waals surface area (Å²) in [5.41, 5.74) is 1.22. The van der Waals surface area contributed by atoms with Gasteiger partial charge in [-0.05, 0) is 25.0 Å². The number of rotatable bonds is 5. The van der Waals surface area contributed by atoms with E-state index in [1.54, 1.807) is 12.1 Å². The summed E-state index contributed by atoms with van der Waals surface area (Å²) in [6.07, 6.45) is 2.04. The third-order valence-electron chi connectivity index (χ3n) is 6.55. The lowest BCUT2D eigenvalue weighted by molar-refractivity contribution is -0.132. The van der Waals surface area contributed by atoms with Gasteiger partial charge in [0.15, 0.2) is 0 Å². The average Bonchev–Trinajstić information content (AvgIpc) is 3.65. The van der Waals surface area contributed by atoms with Crippen molar-refractivity contribution < 1.29 is 9.18 Å². The summed E-state index contributed by atoms with van der Waals surface area (Å²) in [5.74, 6) is 0.896. The fourth-order valence-electron chi connectivity index (χ4n) is 4.54. The number of aromatic nitrogens is 2. The number of nitrogens with zero attached hydrogens (tertiary/aromatic N) is 5. The van der Waals surface area contributed by atoms with Gasteiger partial charge in [0.25, 0.3) is 5.56 Å². The van der Waals surface area contributed by atoms with Crippen LogP contribution < -0.4 is 15.4 Å². The summed E-state index contributed by atoms with van der Waals surface area (Å²) in [6.45, 7) is 6.28. The summed E-state index contributed by atoms with van der Waals surface area (Å²) in [6, 6.07) is 8.42. The van der Waals surface area contributed by atoms with Crippen molar-refractivity contribution in [1.29, 1.82) is 0 Å². The number of nitrogens with one attached hydrogen (secondary N) is 1. The molecule has 3 aliphatic rings. The number of hydrogen-bond acceptors (Lipinski definition) is 6. The molecule has 0 radical (unpaired) electrons. The molecule has 2 saturated heterocycles. The van der Waals surface area contributed by atoms with Crippen LogP contribution in [-0.4, -0.2) is 78.0 Å². The molecule has 1 aromatic carbocycles. The molecule has 8 nitrogen and oxygen atoms in total. The highest BCUT2D eigenvalue weighted by Crippen LogP contribution is 2.31. The molecule has 1 amide bonds. The lowest BCUT2D eigenvalue weighted by Gasteiger charge is -2.36. The lowest BCUT2D eigenvalue weighted by atomic mass is 10.2. The van der Waals surface area contributed by atoms with Crippen molar-refractivity contribution in [2.24, 2.45) is 5.92 Å². The Balaban J connectivity index is 1.18. The first kappa shape index (κ1) is 20.9. The quantitative estimate of drug-likeness (QED) is 0.755. The minimum Gasteiger partial charge on any atom is -0.367 e. The maximum Gasteiger partial charge on any atom is 0.252 e. The second-order valence-corrected chi connectivity index (χ2v) is 8.86. The summed E-state index contributed by atoms with van der Waals surface area (Å²) in [5, 5.41) is 0. The Morgan fingerprint density at radius 3 is 2.38 bits per heavy atom. The summed E-state index contributed by atoms with van der Waals surface area (Å²) in [7, 11) is 0. The van der Waals surface area contributed by atoms with Crippen molar-refractivity contribution in [1.82, 2.24) is 19.8 Å². The molecule has 0 spiro atoms. The highest BCUT2D eigenvalue weighted by atomic mass is 19.1. The van der Waals surface area contributed by atoms with Crippen LogP contribution in [0.4, 0.5) is 16.0 Å². The minimum atomic E-state index is -0.194. The van der Waals surface area contributed by atoms with E-state index in [0.29, 0.717) is 44.4 Å². The minimum absolute atomic E-state index is 0.161. The fraction of sp³-hybridized carbons (Fsp3) is 0.522. The van der Waals surface area contributed by atoms with Crippen LogP contribution in [-0.2, 0) is 11.3 Å². The number of aromatic amines is 1. The highest BCUT2D eigenvalue weighted by molar-refractivity contribution is 5.81. The Morgan fingerprint density at radius 1 is 1.00 bits per heavy atom. The molecule has 32 heavy (non-hydrogen) atoms. The normalized spacial score (nSPS) is 20.0. The van der Waals surface area contributed by atoms with Gasteiger partial charge >= 0.3 is 0 Å². The second-order valence-electron chi connectivity index (χ2n) is 8.86. The maximum absolute atomic E-state index is 14.1. The first-order chi connectivity index (χ1) is 15.6. The largest absolute Gasteiger partial charge is 0.367 e. The molecule has 1 aromatic heterocycles. The van der Waals surface area contributed by atoms with Crippen LogP contribution in [0.3, 0.4) is 0 Å². The zero-order chi connectivity index (χ0) is 22.1. The van der Waals surface area contributed by atoms with Gasteiger partial charge in [0.05, 0.1) is 11.4 Å². The number of benzene rings is 1. The first-order valence-electron chi connectivity index (χ1n) is 11.4. The van der Waals surface area contributed by atoms with Gasteiger partial charge in [0.1, 0.15) is 5.82 Å². The van der Waals surface area contributed by atoms with Gasteiger partial charge in [-0.25, -0.2) is 9.37 Å². The molecule has 2 aromatic rings. The van der Waals surface area contributed by atoms with Crippen LogP contribution >= 0.6 is 0 Å². The van der Waals surface area contributed by atoms with Crippen LogP contribution in [0.25, 0.3) is 0 Å². The number of carbonyl (C=O) groups excluding carboxylic acids is 1. The van der Waals surface area contributed by atoms with Crippen molar-refractivity contribution >= 4 is 17.5 Å². The molecule has 2 aliphatic heterocycles. The molecule has 1 saturated carbocycles. The van der Waals surface area contributed by atoms with Gasteiger partial charge < -0.3 is 14.7 Å². The second kappa shape index (κ2) is 8.90. The standard InChI is InChI=1S/C23H29FN6O2/c24-19-3-1-2-4-20(19)28-9-7-27(8-10-28)16-18-15-21(31)26-23(25-18)30-13-11-29(12-14-30)22(32)17-5-6-17/h1-4,15,17H,5-14,16H2,(H,25,26,31). The zero-order valence-electron chi connectivity index (χ0n) is 18.2. The molecule has 0 atom stereocenters. The van der Waals surface area contributed by atoms with Crippen molar-refractivity contribution in [2.45, 2.75) is 19.4 Å². The smallest absolute Gasteiger partial charge is 0.252 e. The highest BCUT2D eigenvalue weighted by Gasteiger charge is 2.34. The number of piperazine rings is 2. The first-order valence-corrected chi connectivity index (χ1v) is 11.4. The van der Waals surface area contributed by atoms with Gasteiger partial charge in [-0.3, -0.25) is 19.5 Å². The van der Waals surface area contributed by atoms with E-state index in [4.69, 9.17) is 4.98 Å². The summed E-state index contributed by atoms with van der Waals surface area (Å²) < 4.78 is 14.1. The van der Waals surface area contributed by atoms with Crippen LogP contribution in [0.2, 0.25) is 0 Å². The third-order valence-corrected chi connectivity index (χ3v) is 6.55. The van der Waals surface area contributed by atoms with Gasteiger partial charge in [0.2, 0.25) is 11.9 Å². The van der Waals surface area contributed by atoms with E-state index in [2.05, 4.69) is 19.7 Å². The summed E-state index contributed by atoms with van der Waals surface area (Å²) in [4.78, 5) is 40.4. The van der Waals surface area contributed by atoms with Crippen molar-refractivity contribution in [2.75, 3.05) is 62.2 Å². The predicted molar refractivity (Wildman–Crippen MR) is 120 cm³/mol. The Bertz CT molecular complexity index is 1020. The molecular weight excluding hydrogens is 411 g/mol. The van der Waals surface area contributed by atoms with E-state index < -0.39 is 0 Å². The molecule has 3 heterocycles. The van der Waals surface area contributed by atoms with Crippen molar-refractivity contribution in [3.05, 3.63) is 52.2 Å². The van der Waals surface area contributed by atoms with E-state index >= 15 is 0 Å². The van der Waals surface area contributed by atoms with Crippen LogP contribution in [0.5, 0.6) is 0 Å². The molecule has 0 bridgehead atoms. The average molecular weight is 441 g/mol. The van der Waals surface area contributed by atoms with Crippen molar-refractivity contribution in [3.8, 4) is 0 Å². The number of hydrogen-bond donors (Lipinski definition) is 1. The van der Waals surface area contributed by atoms with E-state index in [1.165, 1.54) is 6.07 Å². The molecular formula is C23H29FN6O2. The van der Waals surface area contributed by atoms with Gasteiger partial charge in [-0.2, -0.15) is 0 Å². The SMILES string of the molecule is O=C(C1CC1)N1CCN(c2nc(CN3CCN(c4ccccc4F)CC3)cc(=O)[nH]2)CC1. The number of carbonyl (C=O) groups is 1. The van der Waals surface area contributed by atoms with E-state index in [0.717, 1.165) is 44.7 Å². The predicted octanol–water partition coefficient (Wildman–Crippen LogP) is 1.29. The molecule has 0 unspecified atom stereocenters. The lowest BCUT2D eigenvalue weighted by Crippen LogP contribution is -2.50. The topological polar surface area (TPSA) is 75.8 Å². The molecule has 170 valence electrons. The Morgan fingerprint density at radius 2 is 1.69 bits per heavy atom. The van der Waals surface area contributed by atoms with E-state index in [9.17, 15) is 14.0 Å². The van der Waals surface area contributed by atoms with Gasteiger partial charge in [-0.1, -0.05) is 12.1 Å². The zero-order valence-corrected chi connectivity index (χ0v) is 18.2. The van der Waals surface area contributed by atoms with E-state index in [-0.39, 0.29) is 23.2 Å².